The van der Waals surface area contributed by atoms with E-state index in [0.29, 0.717) is 30.2 Å². The molecule has 0 radical (unpaired) electrons. The molecule has 1 saturated carbocycles. The summed E-state index contributed by atoms with van der Waals surface area (Å²) in [5.41, 5.74) is 4.31. The molecule has 2 fully saturated rings. The van der Waals surface area contributed by atoms with Crippen LogP contribution in [0.25, 0.3) is 11.5 Å². The van der Waals surface area contributed by atoms with Crippen LogP contribution >= 0.6 is 0 Å². The number of aromatic nitrogens is 3. The normalized spacial score (nSPS) is 23.6. The SMILES string of the molecule is C[C@@H]1CCCC[C@H]1Oc1ccc(CN2Cc3ccc(-c4ncc(N5CCC(=O)NC5=O)n4C)nc3[C@H]2C)cc1. The van der Waals surface area contributed by atoms with Gasteiger partial charge in [0.15, 0.2) is 5.82 Å². The Labute approximate surface area is 229 Å². The van der Waals surface area contributed by atoms with Gasteiger partial charge < -0.3 is 9.30 Å². The number of nitrogens with one attached hydrogen (secondary N) is 1. The van der Waals surface area contributed by atoms with E-state index in [-0.39, 0.29) is 18.4 Å². The number of anilines is 1. The van der Waals surface area contributed by atoms with E-state index in [1.54, 1.807) is 11.1 Å². The number of nitrogens with zero attached hydrogens (tertiary/aromatic N) is 5. The van der Waals surface area contributed by atoms with Crippen molar-refractivity contribution < 1.29 is 14.3 Å². The van der Waals surface area contributed by atoms with Crippen LogP contribution in [-0.2, 0) is 24.9 Å². The van der Waals surface area contributed by atoms with Crippen LogP contribution in [0.5, 0.6) is 5.75 Å². The Kier molecular flexibility index (Phi) is 6.85. The zero-order valence-electron chi connectivity index (χ0n) is 22.9. The number of hydrogen-bond acceptors (Lipinski definition) is 6. The standard InChI is InChI=1S/C30H36N6O3/c1-19-6-4-5-7-25(19)39-23-11-8-21(9-12-23)17-35-18-22-10-13-24(32-28(22)20(35)2)29-31-16-27(34(29)3)36-15-14-26(37)33-30(36)38/h8-13,16,19-20,25H,4-7,14-15,17-18H2,1-3H3,(H,33,37,38)/t19-,20-,25-/m1/s1. The monoisotopic (exact) mass is 528 g/mol. The first-order chi connectivity index (χ1) is 18.9. The Bertz CT molecular complexity index is 1380. The maximum atomic E-state index is 12.3. The second-order valence-electron chi connectivity index (χ2n) is 11.1. The Hall–Kier alpha value is -3.72. The number of imide groups is 1. The molecule has 4 heterocycles. The molecule has 3 aromatic rings. The van der Waals surface area contributed by atoms with E-state index in [9.17, 15) is 9.59 Å². The van der Waals surface area contributed by atoms with Crippen LogP contribution in [0, 0.1) is 5.92 Å². The fourth-order valence-corrected chi connectivity index (χ4v) is 6.06. The molecular weight excluding hydrogens is 492 g/mol. The molecule has 9 nitrogen and oxygen atoms in total. The van der Waals surface area contributed by atoms with Crippen LogP contribution in [0.4, 0.5) is 10.6 Å². The lowest BCUT2D eigenvalue weighted by Crippen LogP contribution is -2.50. The number of ether oxygens (including phenoxy) is 1. The first kappa shape index (κ1) is 25.6. The molecule has 204 valence electrons. The predicted molar refractivity (Wildman–Crippen MR) is 148 cm³/mol. The molecule has 3 aliphatic rings. The summed E-state index contributed by atoms with van der Waals surface area (Å²) in [5, 5.41) is 2.37. The van der Waals surface area contributed by atoms with E-state index in [4.69, 9.17) is 9.72 Å². The lowest BCUT2D eigenvalue weighted by molar-refractivity contribution is -0.120. The maximum absolute atomic E-state index is 12.3. The average molecular weight is 529 g/mol. The second-order valence-corrected chi connectivity index (χ2v) is 11.1. The summed E-state index contributed by atoms with van der Waals surface area (Å²) in [6, 6.07) is 12.5. The summed E-state index contributed by atoms with van der Waals surface area (Å²) in [6.45, 7) is 6.51. The predicted octanol–water partition coefficient (Wildman–Crippen LogP) is 4.96. The molecule has 0 bridgehead atoms. The van der Waals surface area contributed by atoms with E-state index in [1.807, 2.05) is 17.7 Å². The smallest absolute Gasteiger partial charge is 0.329 e. The van der Waals surface area contributed by atoms with Crippen LogP contribution in [0.2, 0.25) is 0 Å². The van der Waals surface area contributed by atoms with Crippen LogP contribution < -0.4 is 15.0 Å². The molecule has 0 spiro atoms. The zero-order chi connectivity index (χ0) is 27.1. The molecule has 1 aromatic carbocycles. The van der Waals surface area contributed by atoms with Gasteiger partial charge in [0.05, 0.1) is 17.9 Å². The second kappa shape index (κ2) is 10.4. The molecule has 3 amide bonds. The number of rotatable bonds is 6. The minimum absolute atomic E-state index is 0.164. The lowest BCUT2D eigenvalue weighted by Gasteiger charge is -2.29. The van der Waals surface area contributed by atoms with Gasteiger partial charge in [0, 0.05) is 33.1 Å². The maximum Gasteiger partial charge on any atom is 0.329 e. The van der Waals surface area contributed by atoms with Gasteiger partial charge in [0.25, 0.3) is 0 Å². The van der Waals surface area contributed by atoms with E-state index < -0.39 is 6.03 Å². The zero-order valence-corrected chi connectivity index (χ0v) is 22.9. The highest BCUT2D eigenvalue weighted by molar-refractivity contribution is 6.05. The number of imidazole rings is 1. The summed E-state index contributed by atoms with van der Waals surface area (Å²) < 4.78 is 8.17. The number of carbonyl (C=O) groups is 2. The third kappa shape index (κ3) is 5.03. The average Bonchev–Trinajstić information content (AvgIpc) is 3.45. The van der Waals surface area contributed by atoms with Crippen molar-refractivity contribution >= 4 is 17.8 Å². The molecule has 1 saturated heterocycles. The first-order valence-corrected chi connectivity index (χ1v) is 14.0. The van der Waals surface area contributed by atoms with Crippen molar-refractivity contribution in [3.8, 4) is 17.3 Å². The van der Waals surface area contributed by atoms with Gasteiger partial charge in [0.1, 0.15) is 23.4 Å². The molecule has 2 aromatic heterocycles. The highest BCUT2D eigenvalue weighted by Gasteiger charge is 2.31. The van der Waals surface area contributed by atoms with Crippen LogP contribution in [-0.4, -0.2) is 44.0 Å². The number of fused-ring (bicyclic) bond motifs is 1. The summed E-state index contributed by atoms with van der Waals surface area (Å²) in [6.07, 6.45) is 7.24. The summed E-state index contributed by atoms with van der Waals surface area (Å²) in [5.74, 6) is 2.65. The molecule has 0 unspecified atom stereocenters. The van der Waals surface area contributed by atoms with Gasteiger partial charge >= 0.3 is 6.03 Å². The Balaban J connectivity index is 1.13. The third-order valence-corrected chi connectivity index (χ3v) is 8.48. The van der Waals surface area contributed by atoms with Crippen LogP contribution in [0.3, 0.4) is 0 Å². The van der Waals surface area contributed by atoms with Crippen LogP contribution in [0.1, 0.15) is 68.8 Å². The highest BCUT2D eigenvalue weighted by atomic mass is 16.5. The van der Waals surface area contributed by atoms with E-state index in [1.165, 1.54) is 30.4 Å². The van der Waals surface area contributed by atoms with Gasteiger partial charge in [-0.25, -0.2) is 14.8 Å². The van der Waals surface area contributed by atoms with E-state index in [2.05, 4.69) is 59.4 Å². The summed E-state index contributed by atoms with van der Waals surface area (Å²) in [4.78, 5) is 37.4. The van der Waals surface area contributed by atoms with Crippen molar-refractivity contribution in [2.75, 3.05) is 11.4 Å². The van der Waals surface area contributed by atoms with Gasteiger partial charge in [-0.1, -0.05) is 31.5 Å². The first-order valence-electron chi connectivity index (χ1n) is 14.0. The van der Waals surface area contributed by atoms with Gasteiger partial charge in [0.2, 0.25) is 5.91 Å². The Morgan fingerprint density at radius 1 is 1.05 bits per heavy atom. The van der Waals surface area contributed by atoms with Gasteiger partial charge in [-0.05, 0) is 61.4 Å². The molecule has 39 heavy (non-hydrogen) atoms. The van der Waals surface area contributed by atoms with Gasteiger partial charge in [-0.2, -0.15) is 0 Å². The molecule has 6 rings (SSSR count). The molecule has 1 aliphatic carbocycles. The number of carbonyl (C=O) groups excluding carboxylic acids is 2. The van der Waals surface area contributed by atoms with Crippen LogP contribution in [0.15, 0.2) is 42.6 Å². The van der Waals surface area contributed by atoms with Gasteiger partial charge in [-0.3, -0.25) is 19.9 Å². The Morgan fingerprint density at radius 2 is 1.85 bits per heavy atom. The Morgan fingerprint density at radius 3 is 2.62 bits per heavy atom. The van der Waals surface area contributed by atoms with Crippen molar-refractivity contribution in [3.63, 3.8) is 0 Å². The minimum Gasteiger partial charge on any atom is -0.490 e. The van der Waals surface area contributed by atoms with E-state index >= 15 is 0 Å². The fraction of sp³-hybridized carbons (Fsp3) is 0.467. The molecule has 3 atom stereocenters. The fourth-order valence-electron chi connectivity index (χ4n) is 6.06. The number of urea groups is 1. The van der Waals surface area contributed by atoms with Crippen molar-refractivity contribution in [3.05, 3.63) is 59.4 Å². The largest absolute Gasteiger partial charge is 0.490 e. The lowest BCUT2D eigenvalue weighted by atomic mass is 9.88. The summed E-state index contributed by atoms with van der Waals surface area (Å²) in [7, 11) is 1.87. The number of benzene rings is 1. The van der Waals surface area contributed by atoms with Crippen molar-refractivity contribution in [1.82, 2.24) is 24.8 Å². The highest BCUT2D eigenvalue weighted by Crippen LogP contribution is 2.35. The number of pyridine rings is 1. The number of hydrogen-bond donors (Lipinski definition) is 1. The van der Waals surface area contributed by atoms with E-state index in [0.717, 1.165) is 36.6 Å². The third-order valence-electron chi connectivity index (χ3n) is 8.48. The molecule has 9 heteroatoms. The molecular formula is C30H36N6O3. The van der Waals surface area contributed by atoms with Gasteiger partial charge in [-0.15, -0.1) is 0 Å². The summed E-state index contributed by atoms with van der Waals surface area (Å²) >= 11 is 0. The quantitative estimate of drug-likeness (QED) is 0.486. The van der Waals surface area contributed by atoms with Crippen molar-refractivity contribution in [2.24, 2.45) is 13.0 Å². The molecule has 1 N–H and O–H groups in total. The molecule has 2 aliphatic heterocycles. The number of amides is 3. The topological polar surface area (TPSA) is 92.6 Å². The van der Waals surface area contributed by atoms with Crippen molar-refractivity contribution in [1.29, 1.82) is 0 Å². The van der Waals surface area contributed by atoms with Crippen molar-refractivity contribution in [2.45, 2.75) is 71.2 Å². The minimum atomic E-state index is -0.421.